The van der Waals surface area contributed by atoms with Crippen LogP contribution in [0.3, 0.4) is 0 Å². The number of fused-ring (bicyclic) bond motifs is 1. The number of nitrogens with one attached hydrogen (secondary N) is 1. The highest BCUT2D eigenvalue weighted by Crippen LogP contribution is 2.43. The van der Waals surface area contributed by atoms with E-state index in [1.54, 1.807) is 0 Å². The number of aliphatic hydroxyl groups is 2. The lowest BCUT2D eigenvalue weighted by Crippen LogP contribution is -2.44. The highest BCUT2D eigenvalue weighted by Gasteiger charge is 2.54. The first kappa shape index (κ1) is 21.5. The minimum Gasteiger partial charge on any atom is -0.480 e. The summed E-state index contributed by atoms with van der Waals surface area (Å²) in [6.45, 7) is 1.86. The van der Waals surface area contributed by atoms with Crippen molar-refractivity contribution in [3.63, 3.8) is 0 Å². The van der Waals surface area contributed by atoms with E-state index in [-0.39, 0.29) is 17.0 Å². The third kappa shape index (κ3) is 4.09. The summed E-state index contributed by atoms with van der Waals surface area (Å²) in [6, 6.07) is -1.35. The first-order chi connectivity index (χ1) is 13.4. The SMILES string of the molecule is CC(NP(=O)(O)OC[C@H]1O[C@@H](n2cnc3c(N)ncnc32)[C@@](C)(O)C1O)C(=O)O. The molecule has 0 radical (unpaired) electrons. The fourth-order valence-electron chi connectivity index (χ4n) is 2.93. The number of ether oxygens (including phenoxy) is 1. The number of imidazole rings is 1. The third-order valence-corrected chi connectivity index (χ3v) is 5.75. The Morgan fingerprint density at radius 3 is 2.86 bits per heavy atom. The maximum atomic E-state index is 12.0. The van der Waals surface area contributed by atoms with Crippen LogP contribution in [-0.2, 0) is 18.6 Å². The number of nitrogens with zero attached hydrogens (tertiary/aromatic N) is 4. The van der Waals surface area contributed by atoms with Crippen molar-refractivity contribution >= 4 is 30.7 Å². The molecule has 0 bridgehead atoms. The predicted molar refractivity (Wildman–Crippen MR) is 96.3 cm³/mol. The fraction of sp³-hybridized carbons (Fsp3) is 0.571. The van der Waals surface area contributed by atoms with Gasteiger partial charge in [-0.05, 0) is 13.8 Å². The van der Waals surface area contributed by atoms with Gasteiger partial charge in [0.1, 0.15) is 35.7 Å². The van der Waals surface area contributed by atoms with Crippen molar-refractivity contribution in [1.29, 1.82) is 0 Å². The van der Waals surface area contributed by atoms with Gasteiger partial charge < -0.3 is 30.7 Å². The van der Waals surface area contributed by atoms with Crippen LogP contribution in [-0.4, -0.2) is 76.2 Å². The Balaban J connectivity index is 1.77. The molecule has 1 aliphatic rings. The topological polar surface area (TPSA) is 215 Å². The van der Waals surface area contributed by atoms with E-state index in [9.17, 15) is 24.5 Å². The fourth-order valence-corrected chi connectivity index (χ4v) is 3.95. The molecule has 1 saturated heterocycles. The molecule has 29 heavy (non-hydrogen) atoms. The van der Waals surface area contributed by atoms with Crippen LogP contribution < -0.4 is 10.8 Å². The molecule has 15 heteroatoms. The first-order valence-electron chi connectivity index (χ1n) is 8.41. The van der Waals surface area contributed by atoms with Crippen LogP contribution in [0.25, 0.3) is 11.2 Å². The molecule has 0 aliphatic carbocycles. The summed E-state index contributed by atoms with van der Waals surface area (Å²) in [6.07, 6.45) is -1.39. The second-order valence-corrected chi connectivity index (χ2v) is 8.34. The van der Waals surface area contributed by atoms with Crippen LogP contribution in [0.1, 0.15) is 20.1 Å². The number of rotatable bonds is 7. The summed E-state index contributed by atoms with van der Waals surface area (Å²) in [5, 5.41) is 31.9. The number of carboxylic acid groups (broad SMARTS) is 1. The van der Waals surface area contributed by atoms with E-state index in [0.717, 1.165) is 6.92 Å². The van der Waals surface area contributed by atoms with Gasteiger partial charge in [-0.1, -0.05) is 0 Å². The van der Waals surface area contributed by atoms with Gasteiger partial charge in [0, 0.05) is 0 Å². The van der Waals surface area contributed by atoms with E-state index in [1.807, 2.05) is 5.09 Å². The van der Waals surface area contributed by atoms with Crippen LogP contribution in [0.5, 0.6) is 0 Å². The normalized spacial score (nSPS) is 30.3. The quantitative estimate of drug-likeness (QED) is 0.278. The standard InChI is InChI=1S/C14H21N6O8P/c1-6(12(22)23)19-29(25,26)27-3-7-9(21)14(2,24)13(28-7)20-5-18-8-10(15)16-4-17-11(8)20/h4-7,9,13,21,24H,3H2,1-2H3,(H,22,23)(H2,15,16,17)(H2,19,25,26)/t6?,7-,9?,13-,14+/m1/s1. The van der Waals surface area contributed by atoms with E-state index in [0.29, 0.717) is 0 Å². The number of aliphatic carboxylic acids is 1. The minimum absolute atomic E-state index is 0.117. The molecule has 0 saturated carbocycles. The lowest BCUT2D eigenvalue weighted by atomic mass is 9.96. The molecule has 0 aromatic carbocycles. The number of carboxylic acids is 1. The number of hydrogen-bond acceptors (Lipinski definition) is 10. The Morgan fingerprint density at radius 2 is 2.21 bits per heavy atom. The number of nitrogens with two attached hydrogens (primary N) is 1. The molecule has 3 rings (SSSR count). The molecule has 0 spiro atoms. The van der Waals surface area contributed by atoms with E-state index in [2.05, 4.69) is 15.0 Å². The van der Waals surface area contributed by atoms with E-state index in [1.165, 1.54) is 24.1 Å². The molecule has 1 fully saturated rings. The van der Waals surface area contributed by atoms with Crippen LogP contribution in [0.2, 0.25) is 0 Å². The van der Waals surface area contributed by atoms with Crippen LogP contribution in [0, 0.1) is 0 Å². The molecular weight excluding hydrogens is 411 g/mol. The third-order valence-electron chi connectivity index (χ3n) is 4.54. The van der Waals surface area contributed by atoms with Gasteiger partial charge >= 0.3 is 13.7 Å². The zero-order chi connectivity index (χ0) is 21.6. The molecule has 14 nitrogen and oxygen atoms in total. The average Bonchev–Trinajstić information content (AvgIpc) is 3.14. The average molecular weight is 432 g/mol. The van der Waals surface area contributed by atoms with Gasteiger partial charge in [-0.3, -0.25) is 13.9 Å². The Hall–Kier alpha value is -2.19. The van der Waals surface area contributed by atoms with Crippen LogP contribution in [0.15, 0.2) is 12.7 Å². The van der Waals surface area contributed by atoms with Crippen molar-refractivity contribution in [2.24, 2.45) is 0 Å². The Kier molecular flexibility index (Phi) is 5.62. The molecule has 3 heterocycles. The lowest BCUT2D eigenvalue weighted by molar-refractivity contribution is -0.138. The predicted octanol–water partition coefficient (Wildman–Crippen LogP) is -1.40. The maximum absolute atomic E-state index is 12.0. The molecular formula is C14H21N6O8P. The summed E-state index contributed by atoms with van der Waals surface area (Å²) < 4.78 is 23.8. The van der Waals surface area contributed by atoms with Gasteiger partial charge in [0.05, 0.1) is 12.9 Å². The van der Waals surface area contributed by atoms with Gasteiger partial charge in [-0.25, -0.2) is 24.6 Å². The molecule has 0 amide bonds. The van der Waals surface area contributed by atoms with Crippen LogP contribution in [0.4, 0.5) is 5.82 Å². The molecule has 7 N–H and O–H groups in total. The van der Waals surface area contributed by atoms with E-state index < -0.39 is 50.4 Å². The van der Waals surface area contributed by atoms with E-state index >= 15 is 0 Å². The van der Waals surface area contributed by atoms with Gasteiger partial charge in [0.2, 0.25) is 0 Å². The molecule has 2 aromatic rings. The number of nitrogen functional groups attached to an aromatic ring is 1. The van der Waals surface area contributed by atoms with Crippen molar-refractivity contribution in [1.82, 2.24) is 24.6 Å². The van der Waals surface area contributed by atoms with Crippen molar-refractivity contribution in [2.45, 2.75) is 43.9 Å². The largest absolute Gasteiger partial charge is 0.480 e. The van der Waals surface area contributed by atoms with Gasteiger partial charge in [-0.15, -0.1) is 0 Å². The second-order valence-electron chi connectivity index (χ2n) is 6.79. The number of carbonyl (C=O) groups is 1. The molecule has 160 valence electrons. The molecule has 2 aromatic heterocycles. The van der Waals surface area contributed by atoms with Crippen molar-refractivity contribution in [3.8, 4) is 0 Å². The number of hydrogen-bond donors (Lipinski definition) is 6. The lowest BCUT2D eigenvalue weighted by Gasteiger charge is -2.27. The molecule has 3 unspecified atom stereocenters. The summed E-state index contributed by atoms with van der Waals surface area (Å²) in [5.41, 5.74) is 4.42. The van der Waals surface area contributed by atoms with Crippen molar-refractivity contribution < 1.29 is 38.8 Å². The Labute approximate surface area is 163 Å². The van der Waals surface area contributed by atoms with Crippen molar-refractivity contribution in [3.05, 3.63) is 12.7 Å². The second kappa shape index (κ2) is 7.57. The highest BCUT2D eigenvalue weighted by atomic mass is 31.2. The minimum atomic E-state index is -4.51. The monoisotopic (exact) mass is 432 g/mol. The summed E-state index contributed by atoms with van der Waals surface area (Å²) >= 11 is 0. The number of aromatic nitrogens is 4. The smallest absolute Gasteiger partial charge is 0.403 e. The summed E-state index contributed by atoms with van der Waals surface area (Å²) in [7, 11) is -4.51. The maximum Gasteiger partial charge on any atom is 0.403 e. The van der Waals surface area contributed by atoms with Gasteiger partial charge in [-0.2, -0.15) is 0 Å². The van der Waals surface area contributed by atoms with Gasteiger partial charge in [0.25, 0.3) is 0 Å². The number of anilines is 1. The van der Waals surface area contributed by atoms with Crippen LogP contribution >= 0.6 is 7.75 Å². The van der Waals surface area contributed by atoms with Gasteiger partial charge in [0.15, 0.2) is 17.7 Å². The zero-order valence-corrected chi connectivity index (χ0v) is 16.3. The molecule has 1 aliphatic heterocycles. The zero-order valence-electron chi connectivity index (χ0n) is 15.4. The van der Waals surface area contributed by atoms with Crippen molar-refractivity contribution in [2.75, 3.05) is 12.3 Å². The first-order valence-corrected chi connectivity index (χ1v) is 9.98. The molecule has 6 atom stereocenters. The van der Waals surface area contributed by atoms with E-state index in [4.69, 9.17) is 20.1 Å². The highest BCUT2D eigenvalue weighted by molar-refractivity contribution is 7.50. The number of aliphatic hydroxyl groups excluding tert-OH is 1. The summed E-state index contributed by atoms with van der Waals surface area (Å²) in [5.74, 6) is -1.23. The Bertz CT molecular complexity index is 967. The Morgan fingerprint density at radius 1 is 1.52 bits per heavy atom. The summed E-state index contributed by atoms with van der Waals surface area (Å²) in [4.78, 5) is 32.5.